The molecule has 2 amide bonds. The van der Waals surface area contributed by atoms with Gasteiger partial charge in [0.05, 0.1) is 11.9 Å². The number of nitrogens with two attached hydrogens (primary N) is 1. The van der Waals surface area contributed by atoms with E-state index in [-0.39, 0.29) is 5.70 Å². The highest BCUT2D eigenvalue weighted by Gasteiger charge is 2.56. The van der Waals surface area contributed by atoms with Crippen molar-refractivity contribution in [3.63, 3.8) is 0 Å². The molecule has 2 aliphatic rings. The first-order chi connectivity index (χ1) is 9.99. The zero-order valence-electron chi connectivity index (χ0n) is 10.4. The molecule has 110 valence electrons. The zero-order chi connectivity index (χ0) is 15.2. The minimum atomic E-state index is -1.26. The van der Waals surface area contributed by atoms with Crippen LogP contribution < -0.4 is 11.1 Å². The van der Waals surface area contributed by atoms with Crippen LogP contribution in [0.2, 0.25) is 0 Å². The van der Waals surface area contributed by atoms with Crippen molar-refractivity contribution in [1.29, 1.82) is 5.41 Å². The first-order valence-electron chi connectivity index (χ1n) is 5.75. The third-order valence-electron chi connectivity index (χ3n) is 3.19. The first-order valence-corrected chi connectivity index (χ1v) is 7.47. The summed E-state index contributed by atoms with van der Waals surface area (Å²) in [4.78, 5) is 23.2. The molecule has 0 bridgehead atoms. The summed E-state index contributed by atoms with van der Waals surface area (Å²) < 4.78 is 3.75. The van der Waals surface area contributed by atoms with Gasteiger partial charge in [-0.2, -0.15) is 0 Å². The van der Waals surface area contributed by atoms with Gasteiger partial charge in [0.1, 0.15) is 11.1 Å². The highest BCUT2D eigenvalue weighted by molar-refractivity contribution is 8.01. The van der Waals surface area contributed by atoms with Crippen LogP contribution in [0.15, 0.2) is 17.3 Å². The quantitative estimate of drug-likeness (QED) is 0.392. The molecule has 3 rings (SSSR count). The lowest BCUT2D eigenvalue weighted by Crippen LogP contribution is -2.66. The number of carbonyl (C=O) groups excluding carboxylic acids is 2. The second kappa shape index (κ2) is 4.79. The van der Waals surface area contributed by atoms with E-state index in [0.29, 0.717) is 11.9 Å². The number of rotatable bonds is 3. The third kappa shape index (κ3) is 1.92. The molecule has 1 aromatic heterocycles. The van der Waals surface area contributed by atoms with Crippen LogP contribution >= 0.6 is 23.3 Å². The molecule has 11 heteroatoms. The van der Waals surface area contributed by atoms with E-state index in [1.807, 2.05) is 0 Å². The summed E-state index contributed by atoms with van der Waals surface area (Å²) in [7, 11) is 0. The van der Waals surface area contributed by atoms with Gasteiger partial charge in [-0.1, -0.05) is 16.3 Å². The number of β-lactam (4-membered cyclic amide) rings is 1. The van der Waals surface area contributed by atoms with Crippen LogP contribution in [-0.4, -0.2) is 49.1 Å². The zero-order valence-corrected chi connectivity index (χ0v) is 12.0. The van der Waals surface area contributed by atoms with E-state index >= 15 is 0 Å². The van der Waals surface area contributed by atoms with Crippen molar-refractivity contribution < 1.29 is 14.7 Å². The summed E-state index contributed by atoms with van der Waals surface area (Å²) in [5, 5.41) is 24.3. The number of fused-ring (bicyclic) bond motifs is 1. The molecular formula is C10H10N6O3S2. The van der Waals surface area contributed by atoms with Crippen molar-refractivity contribution in [2.24, 2.45) is 5.73 Å². The Kier molecular flexibility index (Phi) is 3.19. The average Bonchev–Trinajstić information content (AvgIpc) is 3.03. The van der Waals surface area contributed by atoms with Crippen LogP contribution in [-0.2, 0) is 14.5 Å². The Morgan fingerprint density at radius 1 is 1.67 bits per heavy atom. The molecule has 1 fully saturated rings. The summed E-state index contributed by atoms with van der Waals surface area (Å²) in [6.07, 6.45) is 0.825. The Morgan fingerprint density at radius 3 is 3.05 bits per heavy atom. The lowest BCUT2D eigenvalue weighted by Gasteiger charge is -2.50. The van der Waals surface area contributed by atoms with Crippen molar-refractivity contribution in [3.05, 3.63) is 23.0 Å². The first kappa shape index (κ1) is 14.0. The summed E-state index contributed by atoms with van der Waals surface area (Å²) >= 11 is 2.16. The standard InChI is InChI=1S/C10H10N6O3S2/c11-1-6(17)13-10(5-3-20-15-14-5)4(12)2-16-8(19)7(18)9(16)21-10/h1-3,7,9,11,18H,12H2,(H,13,17)/t7?,9-,10?/m1/s1. The number of carbonyl (C=O) groups is 2. The van der Waals surface area contributed by atoms with Gasteiger partial charge in [0.15, 0.2) is 11.0 Å². The van der Waals surface area contributed by atoms with Crippen LogP contribution in [0.1, 0.15) is 5.69 Å². The minimum absolute atomic E-state index is 0.173. The maximum atomic E-state index is 11.6. The molecule has 3 heterocycles. The fraction of sp³-hybridized carbons (Fsp3) is 0.300. The molecular weight excluding hydrogens is 316 g/mol. The third-order valence-corrected chi connectivity index (χ3v) is 5.32. The second-order valence-electron chi connectivity index (χ2n) is 4.39. The van der Waals surface area contributed by atoms with Gasteiger partial charge in [-0.15, -0.1) is 5.10 Å². The number of aromatic nitrogens is 2. The fourth-order valence-corrected chi connectivity index (χ4v) is 4.16. The molecule has 2 unspecified atom stereocenters. The number of amides is 2. The lowest BCUT2D eigenvalue weighted by atomic mass is 10.1. The fourth-order valence-electron chi connectivity index (χ4n) is 2.12. The number of thioether (sulfide) groups is 1. The van der Waals surface area contributed by atoms with E-state index in [2.05, 4.69) is 14.9 Å². The van der Waals surface area contributed by atoms with Crippen LogP contribution in [0, 0.1) is 5.41 Å². The van der Waals surface area contributed by atoms with E-state index in [4.69, 9.17) is 11.1 Å². The molecule has 0 saturated carbocycles. The predicted molar refractivity (Wildman–Crippen MR) is 75.0 cm³/mol. The normalized spacial score (nSPS) is 31.0. The van der Waals surface area contributed by atoms with Gasteiger partial charge in [0.2, 0.25) is 0 Å². The highest BCUT2D eigenvalue weighted by Crippen LogP contribution is 2.49. The number of aliphatic hydroxyl groups excluding tert-OH is 1. The van der Waals surface area contributed by atoms with Gasteiger partial charge >= 0.3 is 0 Å². The molecule has 0 aromatic carbocycles. The monoisotopic (exact) mass is 326 g/mol. The number of nitrogens with one attached hydrogen (secondary N) is 2. The molecule has 0 aliphatic carbocycles. The summed E-state index contributed by atoms with van der Waals surface area (Å²) in [5.41, 5.74) is 6.57. The number of nitrogens with zero attached hydrogens (tertiary/aromatic N) is 3. The predicted octanol–water partition coefficient (Wildman–Crippen LogP) is -1.47. The van der Waals surface area contributed by atoms with E-state index in [1.54, 1.807) is 5.38 Å². The molecule has 1 aromatic rings. The molecule has 0 spiro atoms. The SMILES string of the molecule is N=CC(=O)NC1(c2csnn2)S[C@@H]2C(O)C(=O)N2C=C1N. The Labute approximate surface area is 126 Å². The Bertz CT molecular complexity index is 647. The van der Waals surface area contributed by atoms with Crippen LogP contribution in [0.4, 0.5) is 0 Å². The van der Waals surface area contributed by atoms with Gasteiger partial charge in [-0.25, -0.2) is 0 Å². The Balaban J connectivity index is 2.06. The molecule has 9 nitrogen and oxygen atoms in total. The van der Waals surface area contributed by atoms with E-state index in [0.717, 1.165) is 23.3 Å². The maximum Gasteiger partial charge on any atom is 0.263 e. The highest BCUT2D eigenvalue weighted by atomic mass is 32.2. The number of hydrogen-bond acceptors (Lipinski definition) is 9. The van der Waals surface area contributed by atoms with Crippen molar-refractivity contribution >= 4 is 41.3 Å². The van der Waals surface area contributed by atoms with Gasteiger partial charge < -0.3 is 21.6 Å². The van der Waals surface area contributed by atoms with E-state index in [9.17, 15) is 14.7 Å². The molecule has 5 N–H and O–H groups in total. The minimum Gasteiger partial charge on any atom is -0.398 e. The summed E-state index contributed by atoms with van der Waals surface area (Å²) in [5.74, 6) is -1.11. The Morgan fingerprint density at radius 2 is 2.43 bits per heavy atom. The van der Waals surface area contributed by atoms with Crippen LogP contribution in [0.3, 0.4) is 0 Å². The van der Waals surface area contributed by atoms with Gasteiger partial charge in [0, 0.05) is 11.6 Å². The lowest BCUT2D eigenvalue weighted by molar-refractivity contribution is -0.154. The van der Waals surface area contributed by atoms with Crippen molar-refractivity contribution in [2.45, 2.75) is 16.3 Å². The number of hydrogen-bond donors (Lipinski definition) is 4. The van der Waals surface area contributed by atoms with Crippen LogP contribution in [0.25, 0.3) is 0 Å². The molecule has 0 radical (unpaired) electrons. The maximum absolute atomic E-state index is 11.6. The Hall–Kier alpha value is -1.98. The smallest absolute Gasteiger partial charge is 0.263 e. The van der Waals surface area contributed by atoms with Gasteiger partial charge in [-0.3, -0.25) is 14.5 Å². The average molecular weight is 326 g/mol. The van der Waals surface area contributed by atoms with E-state index in [1.165, 1.54) is 11.1 Å². The van der Waals surface area contributed by atoms with Gasteiger partial charge in [0.25, 0.3) is 11.8 Å². The topological polar surface area (TPSA) is 145 Å². The summed E-state index contributed by atoms with van der Waals surface area (Å²) in [6.45, 7) is 0. The van der Waals surface area contributed by atoms with Crippen LogP contribution in [0.5, 0.6) is 0 Å². The van der Waals surface area contributed by atoms with Crippen molar-refractivity contribution in [3.8, 4) is 0 Å². The number of aliphatic hydroxyl groups is 1. The largest absolute Gasteiger partial charge is 0.398 e. The van der Waals surface area contributed by atoms with Crippen molar-refractivity contribution in [2.75, 3.05) is 0 Å². The van der Waals surface area contributed by atoms with Crippen molar-refractivity contribution in [1.82, 2.24) is 19.8 Å². The summed E-state index contributed by atoms with van der Waals surface area (Å²) in [6, 6.07) is 0. The molecule has 21 heavy (non-hydrogen) atoms. The molecule has 2 aliphatic heterocycles. The molecule has 1 saturated heterocycles. The molecule has 3 atom stereocenters. The second-order valence-corrected chi connectivity index (χ2v) is 6.33. The van der Waals surface area contributed by atoms with Gasteiger partial charge in [-0.05, 0) is 11.5 Å². The van der Waals surface area contributed by atoms with E-state index < -0.39 is 28.2 Å².